The first-order valence-electron chi connectivity index (χ1n) is 11.1. The summed E-state index contributed by atoms with van der Waals surface area (Å²) in [4.78, 5) is 65.7. The first-order chi connectivity index (χ1) is 17.8. The lowest BCUT2D eigenvalue weighted by Crippen LogP contribution is -2.54. The number of nitrogens with zero attached hydrogens (tertiary/aromatic N) is 2. The van der Waals surface area contributed by atoms with Crippen LogP contribution in [0, 0.1) is 0 Å². The Labute approximate surface area is 215 Å². The van der Waals surface area contributed by atoms with Crippen LogP contribution in [0.15, 0.2) is 72.3 Å². The Hall–Kier alpha value is -4.76. The van der Waals surface area contributed by atoms with Crippen molar-refractivity contribution < 1.29 is 28.7 Å². The second kappa shape index (κ2) is 9.36. The van der Waals surface area contributed by atoms with Gasteiger partial charge in [0.25, 0.3) is 23.6 Å². The number of fused-ring (bicyclic) bond motifs is 1. The number of nitrogens with one attached hydrogen (secondary N) is 1. The number of methoxy groups -OCH3 is 1. The average molecular weight is 516 g/mol. The number of carbonyl (C=O) groups excluding carboxylic acids is 5. The molecule has 3 aromatic carbocycles. The zero-order chi connectivity index (χ0) is 26.3. The van der Waals surface area contributed by atoms with Crippen LogP contribution in [0.3, 0.4) is 0 Å². The summed E-state index contributed by atoms with van der Waals surface area (Å²) in [7, 11) is 1.45. The second-order valence-electron chi connectivity index (χ2n) is 8.25. The third-order valence-corrected chi connectivity index (χ3v) is 6.26. The second-order valence-corrected chi connectivity index (χ2v) is 8.68. The molecule has 10 heteroatoms. The van der Waals surface area contributed by atoms with Crippen LogP contribution >= 0.6 is 11.6 Å². The lowest BCUT2D eigenvalue weighted by Gasteiger charge is -2.26. The zero-order valence-electron chi connectivity index (χ0n) is 19.4. The molecule has 2 heterocycles. The summed E-state index contributed by atoms with van der Waals surface area (Å²) in [6.45, 7) is -0.0813. The average Bonchev–Trinajstić information content (AvgIpc) is 3.12. The van der Waals surface area contributed by atoms with Gasteiger partial charge in [0.15, 0.2) is 0 Å². The molecule has 2 aliphatic rings. The minimum Gasteiger partial charge on any atom is -0.496 e. The highest BCUT2D eigenvalue weighted by atomic mass is 35.5. The number of barbiturate groups is 1. The normalized spacial score (nSPS) is 16.4. The Morgan fingerprint density at radius 3 is 2.14 bits per heavy atom. The molecule has 0 radical (unpaired) electrons. The van der Waals surface area contributed by atoms with Crippen molar-refractivity contribution in [2.75, 3.05) is 12.0 Å². The fourth-order valence-electron chi connectivity index (χ4n) is 4.21. The molecule has 0 spiro atoms. The molecule has 3 aromatic rings. The topological polar surface area (TPSA) is 113 Å². The molecule has 1 fully saturated rings. The molecule has 0 saturated carbocycles. The summed E-state index contributed by atoms with van der Waals surface area (Å²) in [6, 6.07) is 16.5. The number of hydrogen-bond donors (Lipinski definition) is 1. The van der Waals surface area contributed by atoms with Crippen molar-refractivity contribution in [1.29, 1.82) is 0 Å². The Balaban J connectivity index is 1.47. The van der Waals surface area contributed by atoms with E-state index in [-0.39, 0.29) is 17.8 Å². The number of amides is 6. The summed E-state index contributed by atoms with van der Waals surface area (Å²) in [5, 5.41) is 2.59. The third-order valence-electron chi connectivity index (χ3n) is 6.01. The van der Waals surface area contributed by atoms with Crippen LogP contribution < -0.4 is 15.0 Å². The summed E-state index contributed by atoms with van der Waals surface area (Å²) in [6.07, 6.45) is 1.33. The monoisotopic (exact) mass is 515 g/mol. The molecule has 0 aromatic heterocycles. The van der Waals surface area contributed by atoms with Gasteiger partial charge in [-0.05, 0) is 60.2 Å². The van der Waals surface area contributed by atoms with E-state index in [9.17, 15) is 24.0 Å². The standard InChI is InChI=1S/C27H18ClN3O6/c1-37-22-11-6-15(12-16(22)14-30-24(33)19-4-2-3-5-20(19)25(30)34)13-21-23(32)29-27(36)31(26(21)35)18-9-7-17(28)8-10-18/h2-13H,14H2,1H3,(H,29,32,36)/b21-13-. The SMILES string of the molecule is COc1ccc(/C=C2/C(=O)NC(=O)N(c3ccc(Cl)cc3)C2=O)cc1CN1C(=O)c2ccccc2C1=O. The molecule has 0 atom stereocenters. The van der Waals surface area contributed by atoms with Crippen molar-refractivity contribution in [2.24, 2.45) is 0 Å². The fraction of sp³-hybridized carbons (Fsp3) is 0.0741. The van der Waals surface area contributed by atoms with Crippen molar-refractivity contribution in [2.45, 2.75) is 6.54 Å². The van der Waals surface area contributed by atoms with Gasteiger partial charge in [-0.3, -0.25) is 29.4 Å². The first-order valence-corrected chi connectivity index (χ1v) is 11.5. The minimum atomic E-state index is -0.879. The number of imide groups is 3. The van der Waals surface area contributed by atoms with Gasteiger partial charge in [0.1, 0.15) is 11.3 Å². The van der Waals surface area contributed by atoms with Gasteiger partial charge in [-0.15, -0.1) is 0 Å². The molecule has 2 aliphatic heterocycles. The predicted octanol–water partition coefficient (Wildman–Crippen LogP) is 3.81. The molecule has 1 saturated heterocycles. The lowest BCUT2D eigenvalue weighted by atomic mass is 10.0. The van der Waals surface area contributed by atoms with E-state index in [4.69, 9.17) is 16.3 Å². The van der Waals surface area contributed by atoms with Crippen LogP contribution in [0.1, 0.15) is 31.8 Å². The quantitative estimate of drug-likeness (QED) is 0.314. The molecule has 0 unspecified atom stereocenters. The predicted molar refractivity (Wildman–Crippen MR) is 134 cm³/mol. The number of ether oxygens (including phenoxy) is 1. The maximum Gasteiger partial charge on any atom is 0.335 e. The van der Waals surface area contributed by atoms with Crippen LogP contribution in [-0.2, 0) is 16.1 Å². The molecule has 184 valence electrons. The van der Waals surface area contributed by atoms with Gasteiger partial charge < -0.3 is 4.74 Å². The fourth-order valence-corrected chi connectivity index (χ4v) is 4.34. The smallest absolute Gasteiger partial charge is 0.335 e. The maximum absolute atomic E-state index is 13.2. The van der Waals surface area contributed by atoms with E-state index in [0.717, 1.165) is 9.80 Å². The number of urea groups is 1. The molecule has 5 rings (SSSR count). The van der Waals surface area contributed by atoms with E-state index in [1.807, 2.05) is 0 Å². The van der Waals surface area contributed by atoms with E-state index in [0.29, 0.717) is 33.0 Å². The molecule has 37 heavy (non-hydrogen) atoms. The maximum atomic E-state index is 13.2. The van der Waals surface area contributed by atoms with Crippen molar-refractivity contribution in [1.82, 2.24) is 10.2 Å². The van der Waals surface area contributed by atoms with E-state index < -0.39 is 29.7 Å². The van der Waals surface area contributed by atoms with Crippen molar-refractivity contribution in [3.8, 4) is 5.75 Å². The van der Waals surface area contributed by atoms with Gasteiger partial charge in [-0.1, -0.05) is 29.8 Å². The number of anilines is 1. The molecule has 1 N–H and O–H groups in total. The molecule has 9 nitrogen and oxygen atoms in total. The van der Waals surface area contributed by atoms with E-state index in [2.05, 4.69) is 5.32 Å². The van der Waals surface area contributed by atoms with E-state index in [1.54, 1.807) is 42.5 Å². The van der Waals surface area contributed by atoms with Crippen molar-refractivity contribution in [3.05, 3.63) is 99.6 Å². The molecular formula is C27H18ClN3O6. The molecule has 0 bridgehead atoms. The summed E-state index contributed by atoms with van der Waals surface area (Å²) in [5.74, 6) is -2.10. The lowest BCUT2D eigenvalue weighted by molar-refractivity contribution is -0.122. The molecule has 0 aliphatic carbocycles. The van der Waals surface area contributed by atoms with E-state index in [1.165, 1.54) is 37.5 Å². The Kier molecular flexibility index (Phi) is 6.06. The first kappa shape index (κ1) is 24.0. The van der Waals surface area contributed by atoms with Crippen LogP contribution in [-0.4, -0.2) is 41.7 Å². The van der Waals surface area contributed by atoms with Crippen molar-refractivity contribution in [3.63, 3.8) is 0 Å². The van der Waals surface area contributed by atoms with Gasteiger partial charge in [-0.25, -0.2) is 9.69 Å². The third kappa shape index (κ3) is 4.25. The number of carbonyl (C=O) groups is 5. The number of rotatable bonds is 5. The van der Waals surface area contributed by atoms with E-state index >= 15 is 0 Å². The minimum absolute atomic E-state index is 0.0813. The summed E-state index contributed by atoms with van der Waals surface area (Å²) in [5.41, 5.74) is 1.53. The van der Waals surface area contributed by atoms with Crippen LogP contribution in [0.4, 0.5) is 10.5 Å². The summed E-state index contributed by atoms with van der Waals surface area (Å²) >= 11 is 5.90. The van der Waals surface area contributed by atoms with Gasteiger partial charge in [0, 0.05) is 10.6 Å². The highest BCUT2D eigenvalue weighted by Crippen LogP contribution is 2.29. The van der Waals surface area contributed by atoms with Crippen LogP contribution in [0.25, 0.3) is 6.08 Å². The Morgan fingerprint density at radius 2 is 1.51 bits per heavy atom. The highest BCUT2D eigenvalue weighted by Gasteiger charge is 2.37. The number of halogens is 1. The number of hydrogen-bond acceptors (Lipinski definition) is 6. The van der Waals surface area contributed by atoms with Crippen LogP contribution in [0.5, 0.6) is 5.75 Å². The zero-order valence-corrected chi connectivity index (χ0v) is 20.1. The van der Waals surface area contributed by atoms with Gasteiger partial charge in [0.05, 0.1) is 30.5 Å². The van der Waals surface area contributed by atoms with Gasteiger partial charge in [-0.2, -0.15) is 0 Å². The van der Waals surface area contributed by atoms with Gasteiger partial charge in [0.2, 0.25) is 0 Å². The van der Waals surface area contributed by atoms with Crippen molar-refractivity contribution >= 4 is 53.0 Å². The molecule has 6 amide bonds. The Morgan fingerprint density at radius 1 is 0.865 bits per heavy atom. The van der Waals surface area contributed by atoms with Gasteiger partial charge >= 0.3 is 6.03 Å². The van der Waals surface area contributed by atoms with Crippen LogP contribution in [0.2, 0.25) is 5.02 Å². The largest absolute Gasteiger partial charge is 0.496 e. The Bertz CT molecular complexity index is 1490. The highest BCUT2D eigenvalue weighted by molar-refractivity contribution is 6.39. The number of benzene rings is 3. The molecular weight excluding hydrogens is 498 g/mol. The summed E-state index contributed by atoms with van der Waals surface area (Å²) < 4.78 is 5.41.